The van der Waals surface area contributed by atoms with Crippen molar-refractivity contribution in [2.75, 3.05) is 7.05 Å². The highest BCUT2D eigenvalue weighted by Crippen LogP contribution is 2.52. The second-order valence-electron chi connectivity index (χ2n) is 7.55. The average Bonchev–Trinajstić information content (AvgIpc) is 3.13. The number of halogens is 2. The maximum atomic E-state index is 6.20. The van der Waals surface area contributed by atoms with E-state index in [1.807, 2.05) is 41.7 Å². The van der Waals surface area contributed by atoms with Gasteiger partial charge in [0.25, 0.3) is 0 Å². The number of hydrogen-bond donors (Lipinski definition) is 0. The van der Waals surface area contributed by atoms with Crippen LogP contribution >= 0.6 is 34.5 Å². The van der Waals surface area contributed by atoms with Crippen molar-refractivity contribution in [1.29, 1.82) is 0 Å². The lowest BCUT2D eigenvalue weighted by atomic mass is 9.76. The monoisotopic (exact) mass is 402 g/mol. The third-order valence-corrected chi connectivity index (χ3v) is 7.83. The summed E-state index contributed by atoms with van der Waals surface area (Å²) in [7, 11) is 2.29. The first kappa shape index (κ1) is 17.0. The van der Waals surface area contributed by atoms with Gasteiger partial charge in [0.1, 0.15) is 0 Å². The molecule has 0 saturated carbocycles. The van der Waals surface area contributed by atoms with E-state index in [0.717, 1.165) is 15.6 Å². The maximum absolute atomic E-state index is 6.20. The molecule has 0 spiro atoms. The molecule has 2 aliphatic heterocycles. The third kappa shape index (κ3) is 2.77. The van der Waals surface area contributed by atoms with E-state index in [4.69, 9.17) is 28.2 Å². The zero-order valence-corrected chi connectivity index (χ0v) is 16.9. The highest BCUT2D eigenvalue weighted by atomic mass is 35.5. The fourth-order valence-electron chi connectivity index (χ4n) is 4.92. The number of fused-ring (bicyclic) bond motifs is 3. The molecule has 134 valence electrons. The van der Waals surface area contributed by atoms with Gasteiger partial charge in [0.15, 0.2) is 0 Å². The second-order valence-corrected chi connectivity index (χ2v) is 9.48. The number of rotatable bonds is 2. The molecule has 5 heteroatoms. The molecule has 3 aromatic rings. The molecule has 2 bridgehead atoms. The van der Waals surface area contributed by atoms with E-state index in [0.29, 0.717) is 23.9 Å². The van der Waals surface area contributed by atoms with Gasteiger partial charge in [-0.2, -0.15) is 0 Å². The molecule has 0 aliphatic carbocycles. The van der Waals surface area contributed by atoms with Crippen molar-refractivity contribution in [3.05, 3.63) is 63.1 Å². The van der Waals surface area contributed by atoms with E-state index in [-0.39, 0.29) is 0 Å². The first-order valence-electron chi connectivity index (χ1n) is 9.13. The summed E-state index contributed by atoms with van der Waals surface area (Å²) >= 11 is 14.1. The lowest BCUT2D eigenvalue weighted by Gasteiger charge is -2.42. The van der Waals surface area contributed by atoms with Crippen LogP contribution in [-0.2, 0) is 0 Å². The van der Waals surface area contributed by atoms with Crippen LogP contribution in [0.25, 0.3) is 10.2 Å². The molecule has 5 rings (SSSR count). The van der Waals surface area contributed by atoms with Crippen LogP contribution in [0.2, 0.25) is 10.0 Å². The largest absolute Gasteiger partial charge is 0.300 e. The Labute approximate surface area is 167 Å². The van der Waals surface area contributed by atoms with Gasteiger partial charge in [-0.3, -0.25) is 4.90 Å². The molecule has 2 fully saturated rings. The average molecular weight is 403 g/mol. The number of benzene rings is 2. The van der Waals surface area contributed by atoms with Crippen LogP contribution < -0.4 is 0 Å². The van der Waals surface area contributed by atoms with Crippen molar-refractivity contribution in [2.24, 2.45) is 0 Å². The molecule has 3 heterocycles. The van der Waals surface area contributed by atoms with E-state index in [9.17, 15) is 0 Å². The fraction of sp³-hybridized carbons (Fsp3) is 0.381. The van der Waals surface area contributed by atoms with Crippen molar-refractivity contribution in [1.82, 2.24) is 9.88 Å². The first-order valence-corrected chi connectivity index (χ1v) is 10.7. The molecule has 4 atom stereocenters. The molecule has 2 aromatic carbocycles. The molecule has 0 radical (unpaired) electrons. The number of thiazole rings is 1. The summed E-state index contributed by atoms with van der Waals surface area (Å²) in [5, 5.41) is 2.83. The van der Waals surface area contributed by atoms with E-state index >= 15 is 0 Å². The SMILES string of the molecule is CN1C2CCC1C(c1nc3ccc(Cl)cc3s1)C(c1ccc(Cl)cc1)C2. The number of aromatic nitrogens is 1. The summed E-state index contributed by atoms with van der Waals surface area (Å²) < 4.78 is 1.19. The standard InChI is InChI=1S/C21H20Cl2N2S/c1-25-15-7-9-18(25)20(16(11-15)12-2-4-13(22)5-3-12)21-24-17-8-6-14(23)10-19(17)26-21/h2-6,8,10,15-16,18,20H,7,9,11H2,1H3. The molecule has 2 aliphatic rings. The predicted octanol–water partition coefficient (Wildman–Crippen LogP) is 6.34. The lowest BCUT2D eigenvalue weighted by molar-refractivity contribution is 0.137. The Morgan fingerprint density at radius 3 is 2.62 bits per heavy atom. The van der Waals surface area contributed by atoms with Gasteiger partial charge < -0.3 is 0 Å². The summed E-state index contributed by atoms with van der Waals surface area (Å²) in [5.41, 5.74) is 2.45. The smallest absolute Gasteiger partial charge is 0.0991 e. The Balaban J connectivity index is 1.61. The predicted molar refractivity (Wildman–Crippen MR) is 111 cm³/mol. The lowest BCUT2D eigenvalue weighted by Crippen LogP contribution is -2.44. The van der Waals surface area contributed by atoms with E-state index in [2.05, 4.69) is 24.1 Å². The number of nitrogens with zero attached hydrogens (tertiary/aromatic N) is 2. The number of piperidine rings is 1. The summed E-state index contributed by atoms with van der Waals surface area (Å²) in [4.78, 5) is 7.62. The van der Waals surface area contributed by atoms with Crippen molar-refractivity contribution in [3.63, 3.8) is 0 Å². The zero-order valence-electron chi connectivity index (χ0n) is 14.5. The van der Waals surface area contributed by atoms with Gasteiger partial charge in [-0.25, -0.2) is 4.98 Å². The minimum Gasteiger partial charge on any atom is -0.300 e. The Morgan fingerprint density at radius 2 is 1.81 bits per heavy atom. The molecular formula is C21H20Cl2N2S. The van der Waals surface area contributed by atoms with Crippen LogP contribution in [0, 0.1) is 0 Å². The Hall–Kier alpha value is -1.13. The first-order chi connectivity index (χ1) is 12.6. The van der Waals surface area contributed by atoms with Crippen LogP contribution in [0.15, 0.2) is 42.5 Å². The minimum atomic E-state index is 0.427. The summed E-state index contributed by atoms with van der Waals surface area (Å²) in [6.07, 6.45) is 3.74. The summed E-state index contributed by atoms with van der Waals surface area (Å²) in [6.45, 7) is 0. The molecule has 26 heavy (non-hydrogen) atoms. The van der Waals surface area contributed by atoms with Crippen molar-refractivity contribution >= 4 is 44.8 Å². The molecule has 2 nitrogen and oxygen atoms in total. The Bertz CT molecular complexity index is 952. The number of likely N-dealkylation sites (N-methyl/N-ethyl adjacent to an activating group) is 1. The van der Waals surface area contributed by atoms with Crippen molar-refractivity contribution < 1.29 is 0 Å². The van der Waals surface area contributed by atoms with E-state index in [1.165, 1.54) is 34.5 Å². The van der Waals surface area contributed by atoms with Gasteiger partial charge in [-0.1, -0.05) is 35.3 Å². The number of hydrogen-bond acceptors (Lipinski definition) is 3. The summed E-state index contributed by atoms with van der Waals surface area (Å²) in [6, 6.07) is 15.7. The van der Waals surface area contributed by atoms with E-state index in [1.54, 1.807) is 0 Å². The van der Waals surface area contributed by atoms with Gasteiger partial charge in [-0.15, -0.1) is 11.3 Å². The van der Waals surface area contributed by atoms with Crippen LogP contribution in [0.1, 0.15) is 41.7 Å². The molecule has 1 aromatic heterocycles. The van der Waals surface area contributed by atoms with Crippen molar-refractivity contribution in [2.45, 2.75) is 43.2 Å². The molecular weight excluding hydrogens is 383 g/mol. The van der Waals surface area contributed by atoms with Gasteiger partial charge in [0.2, 0.25) is 0 Å². The fourth-order valence-corrected chi connectivity index (χ4v) is 6.51. The highest BCUT2D eigenvalue weighted by molar-refractivity contribution is 7.18. The Kier molecular flexibility index (Phi) is 4.24. The molecule has 2 saturated heterocycles. The maximum Gasteiger partial charge on any atom is 0.0991 e. The summed E-state index contributed by atoms with van der Waals surface area (Å²) in [5.74, 6) is 0.924. The van der Waals surface area contributed by atoms with Crippen molar-refractivity contribution in [3.8, 4) is 0 Å². The van der Waals surface area contributed by atoms with Crippen LogP contribution in [0.5, 0.6) is 0 Å². The van der Waals surface area contributed by atoms with Crippen LogP contribution in [-0.4, -0.2) is 29.0 Å². The van der Waals surface area contributed by atoms with Gasteiger partial charge >= 0.3 is 0 Å². The zero-order chi connectivity index (χ0) is 17.8. The van der Waals surface area contributed by atoms with Crippen LogP contribution in [0.4, 0.5) is 0 Å². The molecule has 0 amide bonds. The molecule has 4 unspecified atom stereocenters. The quantitative estimate of drug-likeness (QED) is 0.497. The minimum absolute atomic E-state index is 0.427. The van der Waals surface area contributed by atoms with E-state index < -0.39 is 0 Å². The van der Waals surface area contributed by atoms with Gasteiger partial charge in [-0.05, 0) is 68.1 Å². The van der Waals surface area contributed by atoms with Gasteiger partial charge in [0.05, 0.1) is 15.2 Å². The topological polar surface area (TPSA) is 16.1 Å². The molecule has 0 N–H and O–H groups in total. The highest BCUT2D eigenvalue weighted by Gasteiger charge is 2.47. The van der Waals surface area contributed by atoms with Crippen LogP contribution in [0.3, 0.4) is 0 Å². The van der Waals surface area contributed by atoms with Gasteiger partial charge in [0, 0.05) is 28.0 Å². The normalized spacial score (nSPS) is 28.7. The third-order valence-electron chi connectivity index (χ3n) is 6.22. The Morgan fingerprint density at radius 1 is 1.04 bits per heavy atom. The second kappa shape index (κ2) is 6.49.